The molecule has 15 heavy (non-hydrogen) atoms. The van der Waals surface area contributed by atoms with Crippen LogP contribution in [0.1, 0.15) is 17.3 Å². The maximum Gasteiger partial charge on any atom is 0.148 e. The molecule has 0 saturated carbocycles. The van der Waals surface area contributed by atoms with Crippen molar-refractivity contribution in [3.05, 3.63) is 35.7 Å². The maximum absolute atomic E-state index is 5.48. The predicted octanol–water partition coefficient (Wildman–Crippen LogP) is 0.738. The molecule has 2 heterocycles. The topological polar surface area (TPSA) is 69.6 Å². The fourth-order valence-corrected chi connectivity index (χ4v) is 1.43. The standard InChI is InChI=1S/C10H13N5/c1-7-13-8(2)15(14-7)10-4-3-9(5-11)12-6-10/h3-4,6H,5,11H2,1-2H3. The minimum atomic E-state index is 0.454. The van der Waals surface area contributed by atoms with Gasteiger partial charge in [0.05, 0.1) is 17.6 Å². The molecule has 0 atom stereocenters. The first-order valence-corrected chi connectivity index (χ1v) is 4.76. The summed E-state index contributed by atoms with van der Waals surface area (Å²) in [5.41, 5.74) is 7.25. The molecule has 0 unspecified atom stereocenters. The van der Waals surface area contributed by atoms with Crippen molar-refractivity contribution < 1.29 is 0 Å². The fraction of sp³-hybridized carbons (Fsp3) is 0.300. The van der Waals surface area contributed by atoms with E-state index in [1.165, 1.54) is 0 Å². The van der Waals surface area contributed by atoms with Crippen LogP contribution >= 0.6 is 0 Å². The zero-order valence-corrected chi connectivity index (χ0v) is 8.81. The quantitative estimate of drug-likeness (QED) is 0.781. The number of rotatable bonds is 2. The van der Waals surface area contributed by atoms with Gasteiger partial charge in [-0.1, -0.05) is 0 Å². The first-order valence-electron chi connectivity index (χ1n) is 4.76. The highest BCUT2D eigenvalue weighted by Gasteiger charge is 2.04. The number of aryl methyl sites for hydroxylation is 2. The summed E-state index contributed by atoms with van der Waals surface area (Å²) in [6.07, 6.45) is 1.75. The van der Waals surface area contributed by atoms with E-state index in [9.17, 15) is 0 Å². The summed E-state index contributed by atoms with van der Waals surface area (Å²) >= 11 is 0. The van der Waals surface area contributed by atoms with E-state index in [4.69, 9.17) is 5.73 Å². The van der Waals surface area contributed by atoms with Crippen molar-refractivity contribution in [3.8, 4) is 5.69 Å². The molecule has 78 valence electrons. The van der Waals surface area contributed by atoms with Crippen molar-refractivity contribution in [1.29, 1.82) is 0 Å². The van der Waals surface area contributed by atoms with Crippen LogP contribution in [0.25, 0.3) is 5.69 Å². The van der Waals surface area contributed by atoms with E-state index in [0.717, 1.165) is 23.0 Å². The summed E-state index contributed by atoms with van der Waals surface area (Å²) in [6, 6.07) is 3.84. The van der Waals surface area contributed by atoms with E-state index in [0.29, 0.717) is 6.54 Å². The highest BCUT2D eigenvalue weighted by Crippen LogP contribution is 2.08. The molecule has 0 saturated heterocycles. The summed E-state index contributed by atoms with van der Waals surface area (Å²) in [5.74, 6) is 1.62. The average molecular weight is 203 g/mol. The highest BCUT2D eigenvalue weighted by atomic mass is 15.3. The molecule has 0 amide bonds. The van der Waals surface area contributed by atoms with Gasteiger partial charge in [0.25, 0.3) is 0 Å². The molecule has 0 fully saturated rings. The van der Waals surface area contributed by atoms with Crippen LogP contribution in [0.3, 0.4) is 0 Å². The Hall–Kier alpha value is -1.75. The Bertz CT molecular complexity index is 457. The van der Waals surface area contributed by atoms with Crippen LogP contribution < -0.4 is 5.73 Å². The molecule has 0 spiro atoms. The molecule has 2 aromatic heterocycles. The van der Waals surface area contributed by atoms with Gasteiger partial charge in [-0.3, -0.25) is 4.98 Å². The van der Waals surface area contributed by atoms with Crippen molar-refractivity contribution in [2.75, 3.05) is 0 Å². The second-order valence-electron chi connectivity index (χ2n) is 3.33. The van der Waals surface area contributed by atoms with E-state index in [2.05, 4.69) is 15.1 Å². The molecule has 5 nitrogen and oxygen atoms in total. The summed E-state index contributed by atoms with van der Waals surface area (Å²) in [7, 11) is 0. The lowest BCUT2D eigenvalue weighted by Gasteiger charge is -2.02. The second-order valence-corrected chi connectivity index (χ2v) is 3.33. The van der Waals surface area contributed by atoms with Crippen molar-refractivity contribution in [2.24, 2.45) is 5.73 Å². The summed E-state index contributed by atoms with van der Waals surface area (Å²) in [5, 5.41) is 4.27. The number of nitrogens with zero attached hydrogens (tertiary/aromatic N) is 4. The molecule has 0 aromatic carbocycles. The Morgan fingerprint density at radius 2 is 2.13 bits per heavy atom. The van der Waals surface area contributed by atoms with Gasteiger partial charge in [0.2, 0.25) is 0 Å². The molecule has 0 bridgehead atoms. The van der Waals surface area contributed by atoms with Gasteiger partial charge in [-0.15, -0.1) is 0 Å². The van der Waals surface area contributed by atoms with Gasteiger partial charge in [-0.2, -0.15) is 5.10 Å². The highest BCUT2D eigenvalue weighted by molar-refractivity contribution is 5.29. The van der Waals surface area contributed by atoms with Crippen LogP contribution in [-0.2, 0) is 6.54 Å². The zero-order valence-electron chi connectivity index (χ0n) is 8.81. The van der Waals surface area contributed by atoms with Gasteiger partial charge < -0.3 is 5.73 Å². The SMILES string of the molecule is Cc1nc(C)n(-c2ccc(CN)nc2)n1. The largest absolute Gasteiger partial charge is 0.325 e. The molecular formula is C10H13N5. The van der Waals surface area contributed by atoms with Crippen LogP contribution in [0.15, 0.2) is 18.3 Å². The van der Waals surface area contributed by atoms with E-state index in [1.54, 1.807) is 10.9 Å². The van der Waals surface area contributed by atoms with Gasteiger partial charge in [0.1, 0.15) is 11.6 Å². The van der Waals surface area contributed by atoms with Crippen LogP contribution in [-0.4, -0.2) is 19.7 Å². The summed E-state index contributed by atoms with van der Waals surface area (Å²) in [6.45, 7) is 4.23. The Kier molecular flexibility index (Phi) is 2.47. The van der Waals surface area contributed by atoms with Gasteiger partial charge in [0.15, 0.2) is 0 Å². The van der Waals surface area contributed by atoms with E-state index >= 15 is 0 Å². The van der Waals surface area contributed by atoms with Gasteiger partial charge in [-0.05, 0) is 26.0 Å². The van der Waals surface area contributed by atoms with Crippen LogP contribution in [0, 0.1) is 13.8 Å². The molecule has 2 N–H and O–H groups in total. The lowest BCUT2D eigenvalue weighted by Crippen LogP contribution is -2.03. The van der Waals surface area contributed by atoms with E-state index in [1.807, 2.05) is 26.0 Å². The monoisotopic (exact) mass is 203 g/mol. The number of pyridine rings is 1. The third kappa shape index (κ3) is 1.87. The first kappa shape index (κ1) is 9.79. The second kappa shape index (κ2) is 3.78. The number of nitrogens with two attached hydrogens (primary N) is 1. The third-order valence-corrected chi connectivity index (χ3v) is 2.14. The normalized spacial score (nSPS) is 10.6. The Balaban J connectivity index is 2.41. The molecule has 2 aromatic rings. The van der Waals surface area contributed by atoms with Crippen LogP contribution in [0.2, 0.25) is 0 Å². The first-order chi connectivity index (χ1) is 7.20. The van der Waals surface area contributed by atoms with Gasteiger partial charge in [-0.25, -0.2) is 9.67 Å². The van der Waals surface area contributed by atoms with Crippen molar-refractivity contribution in [2.45, 2.75) is 20.4 Å². The number of hydrogen-bond donors (Lipinski definition) is 1. The summed E-state index contributed by atoms with van der Waals surface area (Å²) in [4.78, 5) is 8.44. The van der Waals surface area contributed by atoms with Crippen molar-refractivity contribution in [1.82, 2.24) is 19.7 Å². The molecule has 0 aliphatic carbocycles. The Morgan fingerprint density at radius 1 is 1.33 bits per heavy atom. The van der Waals surface area contributed by atoms with Crippen molar-refractivity contribution >= 4 is 0 Å². The van der Waals surface area contributed by atoms with Gasteiger partial charge in [0, 0.05) is 6.54 Å². The zero-order chi connectivity index (χ0) is 10.8. The molecule has 5 heteroatoms. The Labute approximate surface area is 88.0 Å². The molecule has 2 rings (SSSR count). The number of hydrogen-bond acceptors (Lipinski definition) is 4. The smallest absolute Gasteiger partial charge is 0.148 e. The Morgan fingerprint density at radius 3 is 2.60 bits per heavy atom. The minimum absolute atomic E-state index is 0.454. The van der Waals surface area contributed by atoms with Crippen LogP contribution in [0.5, 0.6) is 0 Å². The maximum atomic E-state index is 5.48. The third-order valence-electron chi connectivity index (χ3n) is 2.14. The number of aromatic nitrogens is 4. The molecular weight excluding hydrogens is 190 g/mol. The van der Waals surface area contributed by atoms with E-state index < -0.39 is 0 Å². The van der Waals surface area contributed by atoms with E-state index in [-0.39, 0.29) is 0 Å². The minimum Gasteiger partial charge on any atom is -0.325 e. The predicted molar refractivity (Wildman–Crippen MR) is 56.5 cm³/mol. The molecule has 0 aliphatic rings. The fourth-order valence-electron chi connectivity index (χ4n) is 1.43. The molecule has 0 radical (unpaired) electrons. The summed E-state index contributed by atoms with van der Waals surface area (Å²) < 4.78 is 1.77. The lowest BCUT2D eigenvalue weighted by atomic mass is 10.3. The van der Waals surface area contributed by atoms with Crippen LogP contribution in [0.4, 0.5) is 0 Å². The molecule has 0 aliphatic heterocycles. The van der Waals surface area contributed by atoms with Gasteiger partial charge >= 0.3 is 0 Å². The lowest BCUT2D eigenvalue weighted by molar-refractivity contribution is 0.821. The average Bonchev–Trinajstić information content (AvgIpc) is 2.58. The van der Waals surface area contributed by atoms with Crippen molar-refractivity contribution in [3.63, 3.8) is 0 Å².